The maximum Gasteiger partial charge on any atom is 0.321 e. The highest BCUT2D eigenvalue weighted by molar-refractivity contribution is 5.91. The monoisotopic (exact) mass is 352 g/mol. The van der Waals surface area contributed by atoms with Gasteiger partial charge in [0.05, 0.1) is 13.2 Å². The van der Waals surface area contributed by atoms with Gasteiger partial charge in [-0.1, -0.05) is 18.2 Å². The molecule has 0 saturated carbocycles. The van der Waals surface area contributed by atoms with E-state index >= 15 is 0 Å². The van der Waals surface area contributed by atoms with Gasteiger partial charge in [-0.3, -0.25) is 4.90 Å². The number of nitrogens with zero attached hydrogens (tertiary/aromatic N) is 1. The number of fused-ring (bicyclic) bond motifs is 2. The lowest BCUT2D eigenvalue weighted by Gasteiger charge is -2.22. The zero-order valence-electron chi connectivity index (χ0n) is 15.1. The van der Waals surface area contributed by atoms with E-state index in [2.05, 4.69) is 11.4 Å². The number of ether oxygens (including phenoxy) is 2. The summed E-state index contributed by atoms with van der Waals surface area (Å²) in [5.41, 5.74) is 4.59. The van der Waals surface area contributed by atoms with Gasteiger partial charge in [0, 0.05) is 48.3 Å². The van der Waals surface area contributed by atoms with Gasteiger partial charge in [0.15, 0.2) is 0 Å². The molecule has 0 spiro atoms. The second-order valence-corrected chi connectivity index (χ2v) is 6.58. The van der Waals surface area contributed by atoms with Gasteiger partial charge in [0.25, 0.3) is 0 Å². The molecule has 0 aliphatic carbocycles. The van der Waals surface area contributed by atoms with E-state index in [1.54, 1.807) is 4.90 Å². The van der Waals surface area contributed by atoms with Crippen molar-refractivity contribution in [1.29, 1.82) is 0 Å². The van der Waals surface area contributed by atoms with Crippen molar-refractivity contribution in [2.75, 3.05) is 31.2 Å². The Bertz CT molecular complexity index is 772. The third-order valence-electron chi connectivity index (χ3n) is 5.04. The van der Waals surface area contributed by atoms with Gasteiger partial charge in [-0.25, -0.2) is 4.79 Å². The van der Waals surface area contributed by atoms with Crippen LogP contribution in [0.5, 0.6) is 11.5 Å². The van der Waals surface area contributed by atoms with Crippen molar-refractivity contribution in [2.45, 2.75) is 26.2 Å². The van der Waals surface area contributed by atoms with Gasteiger partial charge in [-0.2, -0.15) is 0 Å². The van der Waals surface area contributed by atoms with Crippen LogP contribution >= 0.6 is 0 Å². The summed E-state index contributed by atoms with van der Waals surface area (Å²) in [4.78, 5) is 14.3. The van der Waals surface area contributed by atoms with Crippen LogP contribution in [0.2, 0.25) is 0 Å². The van der Waals surface area contributed by atoms with Crippen LogP contribution in [0, 0.1) is 0 Å². The van der Waals surface area contributed by atoms with Gasteiger partial charge >= 0.3 is 6.03 Å². The number of nitrogens with one attached hydrogen (secondary N) is 1. The summed E-state index contributed by atoms with van der Waals surface area (Å²) in [6.45, 7) is 4.65. The molecule has 5 nitrogen and oxygen atoms in total. The van der Waals surface area contributed by atoms with Gasteiger partial charge in [0.1, 0.15) is 11.5 Å². The van der Waals surface area contributed by atoms with E-state index in [0.717, 1.165) is 49.7 Å². The molecule has 1 N–H and O–H groups in total. The predicted molar refractivity (Wildman–Crippen MR) is 101 cm³/mol. The summed E-state index contributed by atoms with van der Waals surface area (Å²) in [5, 5.41) is 3.05. The van der Waals surface area contributed by atoms with Gasteiger partial charge in [0.2, 0.25) is 0 Å². The third-order valence-corrected chi connectivity index (χ3v) is 5.04. The predicted octanol–water partition coefficient (Wildman–Crippen LogP) is 3.34. The SMILES string of the molecule is CCN(C(=O)NCCc1c2c(cc3c1OCC3)OCC2)c1ccccc1. The molecular weight excluding hydrogens is 328 g/mol. The fourth-order valence-electron chi connectivity index (χ4n) is 3.79. The first-order chi connectivity index (χ1) is 12.8. The second-order valence-electron chi connectivity index (χ2n) is 6.58. The van der Waals surface area contributed by atoms with E-state index in [4.69, 9.17) is 9.47 Å². The van der Waals surface area contributed by atoms with E-state index in [9.17, 15) is 4.79 Å². The van der Waals surface area contributed by atoms with E-state index < -0.39 is 0 Å². The fraction of sp³-hybridized carbons (Fsp3) is 0.381. The minimum atomic E-state index is -0.0694. The molecule has 2 aromatic rings. The molecule has 4 rings (SSSR count). The van der Waals surface area contributed by atoms with Gasteiger partial charge in [-0.05, 0) is 31.5 Å². The zero-order valence-corrected chi connectivity index (χ0v) is 15.1. The number of benzene rings is 2. The Morgan fingerprint density at radius 1 is 1.15 bits per heavy atom. The third kappa shape index (κ3) is 3.09. The number of rotatable bonds is 5. The molecule has 2 heterocycles. The Hall–Kier alpha value is -2.69. The van der Waals surface area contributed by atoms with E-state index in [1.165, 1.54) is 16.7 Å². The maximum absolute atomic E-state index is 12.6. The fourth-order valence-corrected chi connectivity index (χ4v) is 3.79. The van der Waals surface area contributed by atoms with E-state index in [1.807, 2.05) is 37.3 Å². The van der Waals surface area contributed by atoms with Crippen LogP contribution in [-0.2, 0) is 19.3 Å². The van der Waals surface area contributed by atoms with E-state index in [0.29, 0.717) is 13.1 Å². The van der Waals surface area contributed by atoms with Crippen LogP contribution in [0.1, 0.15) is 23.6 Å². The first kappa shape index (κ1) is 16.8. The molecule has 2 aliphatic heterocycles. The van der Waals surface area contributed by atoms with Crippen molar-refractivity contribution in [1.82, 2.24) is 5.32 Å². The molecule has 26 heavy (non-hydrogen) atoms. The number of amides is 2. The highest BCUT2D eigenvalue weighted by atomic mass is 16.5. The number of urea groups is 1. The van der Waals surface area contributed by atoms with Crippen molar-refractivity contribution in [3.05, 3.63) is 53.1 Å². The molecule has 0 radical (unpaired) electrons. The molecular formula is C21H24N2O3. The lowest BCUT2D eigenvalue weighted by Crippen LogP contribution is -2.40. The highest BCUT2D eigenvalue weighted by Crippen LogP contribution is 2.40. The standard InChI is InChI=1S/C21H24N2O3/c1-2-23(16-6-4-3-5-7-16)21(24)22-11-8-18-17-10-13-25-19(17)14-15-9-12-26-20(15)18/h3-7,14H,2,8-13H2,1H3,(H,22,24). The quantitative estimate of drug-likeness (QED) is 0.898. The molecule has 0 atom stereocenters. The molecule has 0 bridgehead atoms. The smallest absolute Gasteiger partial charge is 0.321 e. The Morgan fingerprint density at radius 2 is 1.96 bits per heavy atom. The van der Waals surface area contributed by atoms with Crippen LogP contribution < -0.4 is 19.7 Å². The highest BCUT2D eigenvalue weighted by Gasteiger charge is 2.26. The Morgan fingerprint density at radius 3 is 2.77 bits per heavy atom. The molecule has 136 valence electrons. The lowest BCUT2D eigenvalue weighted by molar-refractivity contribution is 0.246. The first-order valence-electron chi connectivity index (χ1n) is 9.31. The molecule has 2 amide bonds. The number of para-hydroxylation sites is 1. The van der Waals surface area contributed by atoms with Crippen LogP contribution in [0.4, 0.5) is 10.5 Å². The van der Waals surface area contributed by atoms with Crippen molar-refractivity contribution in [2.24, 2.45) is 0 Å². The number of carbonyl (C=O) groups is 1. The summed E-state index contributed by atoms with van der Waals surface area (Å²) in [6, 6.07) is 11.8. The summed E-state index contributed by atoms with van der Waals surface area (Å²) < 4.78 is 11.6. The van der Waals surface area contributed by atoms with Crippen molar-refractivity contribution in [3.63, 3.8) is 0 Å². The molecule has 0 saturated heterocycles. The number of hydrogen-bond acceptors (Lipinski definition) is 3. The first-order valence-corrected chi connectivity index (χ1v) is 9.31. The Balaban J connectivity index is 1.45. The minimum Gasteiger partial charge on any atom is -0.493 e. The summed E-state index contributed by atoms with van der Waals surface area (Å²) >= 11 is 0. The van der Waals surface area contributed by atoms with Crippen LogP contribution in [0.25, 0.3) is 0 Å². The normalized spacial score (nSPS) is 14.2. The molecule has 0 fully saturated rings. The van der Waals surface area contributed by atoms with E-state index in [-0.39, 0.29) is 6.03 Å². The summed E-state index contributed by atoms with van der Waals surface area (Å²) in [5.74, 6) is 2.01. The molecule has 0 unspecified atom stereocenters. The lowest BCUT2D eigenvalue weighted by atomic mass is 9.97. The number of anilines is 1. The van der Waals surface area contributed by atoms with Crippen molar-refractivity contribution in [3.8, 4) is 11.5 Å². The summed E-state index contributed by atoms with van der Waals surface area (Å²) in [6.07, 6.45) is 2.61. The summed E-state index contributed by atoms with van der Waals surface area (Å²) in [7, 11) is 0. The van der Waals surface area contributed by atoms with Crippen LogP contribution in [0.15, 0.2) is 36.4 Å². The molecule has 2 aliphatic rings. The Kier molecular flexibility index (Phi) is 4.69. The average molecular weight is 352 g/mol. The number of carbonyl (C=O) groups excluding carboxylic acids is 1. The van der Waals surface area contributed by atoms with Crippen molar-refractivity contribution < 1.29 is 14.3 Å². The second kappa shape index (κ2) is 7.28. The maximum atomic E-state index is 12.6. The largest absolute Gasteiger partial charge is 0.493 e. The minimum absolute atomic E-state index is 0.0694. The zero-order chi connectivity index (χ0) is 17.9. The molecule has 5 heteroatoms. The van der Waals surface area contributed by atoms with Gasteiger partial charge < -0.3 is 14.8 Å². The Labute approximate surface area is 153 Å². The average Bonchev–Trinajstić information content (AvgIpc) is 3.31. The van der Waals surface area contributed by atoms with Crippen LogP contribution in [0.3, 0.4) is 0 Å². The molecule has 2 aromatic carbocycles. The topological polar surface area (TPSA) is 50.8 Å². The van der Waals surface area contributed by atoms with Crippen LogP contribution in [-0.4, -0.2) is 32.3 Å². The number of hydrogen-bond donors (Lipinski definition) is 1. The van der Waals surface area contributed by atoms with Crippen molar-refractivity contribution >= 4 is 11.7 Å². The van der Waals surface area contributed by atoms with Gasteiger partial charge in [-0.15, -0.1) is 0 Å². The molecule has 0 aromatic heterocycles.